The summed E-state index contributed by atoms with van der Waals surface area (Å²) in [5.41, 5.74) is 0.453. The van der Waals surface area contributed by atoms with Gasteiger partial charge >= 0.3 is 6.09 Å². The average molecular weight is 256 g/mol. The highest BCUT2D eigenvalue weighted by molar-refractivity contribution is 7.81. The van der Waals surface area contributed by atoms with Crippen LogP contribution < -0.4 is 0 Å². The highest BCUT2D eigenvalue weighted by atomic mass is 32.1. The molecule has 1 heterocycles. The molecule has 1 saturated heterocycles. The van der Waals surface area contributed by atoms with Crippen molar-refractivity contribution in [3.8, 4) is 0 Å². The maximum atomic E-state index is 11.8. The maximum absolute atomic E-state index is 11.8. The number of nitrogens with zero attached hydrogens (tertiary/aromatic N) is 2. The van der Waals surface area contributed by atoms with E-state index in [-0.39, 0.29) is 11.9 Å². The van der Waals surface area contributed by atoms with E-state index < -0.39 is 12.3 Å². The lowest BCUT2D eigenvalue weighted by Gasteiger charge is -2.28. The van der Waals surface area contributed by atoms with Gasteiger partial charge in [0.1, 0.15) is 18.7 Å². The molecular formula is C11H16N2O3S. The summed E-state index contributed by atoms with van der Waals surface area (Å²) in [6.07, 6.45) is 0.577. The maximum Gasteiger partial charge on any atom is 0.411 e. The Morgan fingerprint density at radius 1 is 1.76 bits per heavy atom. The molecule has 0 radical (unpaired) electrons. The minimum Gasteiger partial charge on any atom is -0.445 e. The third-order valence-corrected chi connectivity index (χ3v) is 2.91. The van der Waals surface area contributed by atoms with E-state index in [0.717, 1.165) is 0 Å². The third kappa shape index (κ3) is 2.91. The Balaban J connectivity index is 2.88. The van der Waals surface area contributed by atoms with Gasteiger partial charge in [0, 0.05) is 6.54 Å². The second kappa shape index (κ2) is 5.91. The Kier molecular flexibility index (Phi) is 4.81. The van der Waals surface area contributed by atoms with Crippen LogP contribution in [-0.2, 0) is 9.53 Å². The van der Waals surface area contributed by atoms with Crippen LogP contribution in [0.15, 0.2) is 18.2 Å². The Labute approximate surface area is 106 Å². The Morgan fingerprint density at radius 2 is 2.41 bits per heavy atom. The summed E-state index contributed by atoms with van der Waals surface area (Å²) in [7, 11) is 3.56. The van der Waals surface area contributed by atoms with Gasteiger partial charge in [-0.25, -0.2) is 9.59 Å². The molecule has 0 aromatic heterocycles. The summed E-state index contributed by atoms with van der Waals surface area (Å²) in [6, 6.07) is 0. The fourth-order valence-corrected chi connectivity index (χ4v) is 2.15. The van der Waals surface area contributed by atoms with Crippen molar-refractivity contribution in [2.24, 2.45) is 0 Å². The first-order chi connectivity index (χ1) is 8.02. The molecule has 1 aliphatic heterocycles. The molecule has 5 nitrogen and oxygen atoms in total. The SMILES string of the molecule is C=CCOC(=O)N1C[C@@H](S)C(=C=O)[C@H]1N(C)C. The highest BCUT2D eigenvalue weighted by Crippen LogP contribution is 2.27. The number of likely N-dealkylation sites (N-methyl/N-ethyl adjacent to an activating group) is 1. The van der Waals surface area contributed by atoms with Gasteiger partial charge in [-0.15, -0.1) is 0 Å². The molecule has 0 aromatic rings. The average Bonchev–Trinajstić information content (AvgIpc) is 2.63. The van der Waals surface area contributed by atoms with E-state index in [9.17, 15) is 9.59 Å². The van der Waals surface area contributed by atoms with Gasteiger partial charge < -0.3 is 4.74 Å². The zero-order valence-corrected chi connectivity index (χ0v) is 10.8. The fourth-order valence-electron chi connectivity index (χ4n) is 1.79. The molecule has 0 bridgehead atoms. The molecule has 1 rings (SSSR count). The van der Waals surface area contributed by atoms with Gasteiger partial charge in [-0.1, -0.05) is 12.7 Å². The van der Waals surface area contributed by atoms with Gasteiger partial charge in [0.2, 0.25) is 0 Å². The molecule has 2 atom stereocenters. The van der Waals surface area contributed by atoms with Crippen molar-refractivity contribution in [3.05, 3.63) is 18.2 Å². The predicted octanol–water partition coefficient (Wildman–Crippen LogP) is 0.569. The van der Waals surface area contributed by atoms with E-state index >= 15 is 0 Å². The Hall–Kier alpha value is -1.23. The van der Waals surface area contributed by atoms with E-state index in [1.807, 2.05) is 5.94 Å². The first-order valence-corrected chi connectivity index (χ1v) is 5.68. The van der Waals surface area contributed by atoms with Crippen molar-refractivity contribution in [2.75, 3.05) is 27.2 Å². The topological polar surface area (TPSA) is 49.9 Å². The van der Waals surface area contributed by atoms with Crippen LogP contribution >= 0.6 is 12.6 Å². The number of carbonyl (C=O) groups excluding carboxylic acids is 2. The molecule has 1 amide bonds. The van der Waals surface area contributed by atoms with E-state index in [1.54, 1.807) is 19.0 Å². The van der Waals surface area contributed by atoms with Crippen molar-refractivity contribution in [3.63, 3.8) is 0 Å². The molecule has 6 heteroatoms. The predicted molar refractivity (Wildman–Crippen MR) is 67.7 cm³/mol. The molecule has 1 aliphatic rings. The number of carbonyl (C=O) groups is 1. The fraction of sp³-hybridized carbons (Fsp3) is 0.545. The summed E-state index contributed by atoms with van der Waals surface area (Å²) in [5.74, 6) is 1.87. The lowest BCUT2D eigenvalue weighted by molar-refractivity contribution is 0.0825. The Morgan fingerprint density at radius 3 is 2.88 bits per heavy atom. The quantitative estimate of drug-likeness (QED) is 0.455. The number of hydrogen-bond donors (Lipinski definition) is 1. The van der Waals surface area contributed by atoms with Gasteiger partial charge in [-0.05, 0) is 14.1 Å². The van der Waals surface area contributed by atoms with Crippen molar-refractivity contribution in [1.82, 2.24) is 9.80 Å². The first-order valence-electron chi connectivity index (χ1n) is 5.16. The lowest BCUT2D eigenvalue weighted by Crippen LogP contribution is -2.45. The molecule has 0 aliphatic carbocycles. The largest absolute Gasteiger partial charge is 0.445 e. The van der Waals surface area contributed by atoms with Crippen molar-refractivity contribution in [2.45, 2.75) is 11.4 Å². The molecular weight excluding hydrogens is 240 g/mol. The van der Waals surface area contributed by atoms with Crippen molar-refractivity contribution in [1.29, 1.82) is 0 Å². The summed E-state index contributed by atoms with van der Waals surface area (Å²) < 4.78 is 4.96. The second-order valence-electron chi connectivity index (χ2n) is 3.93. The summed E-state index contributed by atoms with van der Waals surface area (Å²) >= 11 is 4.27. The molecule has 0 saturated carbocycles. The van der Waals surface area contributed by atoms with Gasteiger partial charge in [-0.2, -0.15) is 12.6 Å². The minimum absolute atomic E-state index is 0.146. The smallest absolute Gasteiger partial charge is 0.411 e. The number of amides is 1. The molecule has 1 fully saturated rings. The van der Waals surface area contributed by atoms with Gasteiger partial charge in [0.25, 0.3) is 0 Å². The molecule has 0 aromatic carbocycles. The van der Waals surface area contributed by atoms with Crippen LogP contribution in [0.2, 0.25) is 0 Å². The molecule has 0 spiro atoms. The number of thiol groups is 1. The summed E-state index contributed by atoms with van der Waals surface area (Å²) in [4.78, 5) is 25.9. The van der Waals surface area contributed by atoms with E-state index in [0.29, 0.717) is 12.1 Å². The number of ether oxygens (including phenoxy) is 1. The van der Waals surface area contributed by atoms with E-state index in [4.69, 9.17) is 4.74 Å². The minimum atomic E-state index is -0.479. The summed E-state index contributed by atoms with van der Waals surface area (Å²) in [6.45, 7) is 3.96. The lowest BCUT2D eigenvalue weighted by atomic mass is 10.2. The van der Waals surface area contributed by atoms with Crippen LogP contribution in [0.4, 0.5) is 4.79 Å². The first kappa shape index (κ1) is 13.8. The van der Waals surface area contributed by atoms with Crippen LogP contribution in [0.25, 0.3) is 0 Å². The van der Waals surface area contributed by atoms with Crippen LogP contribution in [0.1, 0.15) is 0 Å². The molecule has 0 unspecified atom stereocenters. The van der Waals surface area contributed by atoms with Crippen LogP contribution in [0.5, 0.6) is 0 Å². The van der Waals surface area contributed by atoms with Gasteiger partial charge in [-0.3, -0.25) is 9.80 Å². The third-order valence-electron chi connectivity index (χ3n) is 2.47. The monoisotopic (exact) mass is 256 g/mol. The van der Waals surface area contributed by atoms with Crippen molar-refractivity contribution < 1.29 is 14.3 Å². The highest BCUT2D eigenvalue weighted by Gasteiger charge is 2.41. The van der Waals surface area contributed by atoms with Crippen LogP contribution in [0.3, 0.4) is 0 Å². The van der Waals surface area contributed by atoms with Crippen molar-refractivity contribution >= 4 is 24.7 Å². The van der Waals surface area contributed by atoms with E-state index in [2.05, 4.69) is 19.2 Å². The number of hydrogen-bond acceptors (Lipinski definition) is 5. The normalized spacial score (nSPS) is 23.8. The molecule has 0 N–H and O–H groups in total. The van der Waals surface area contributed by atoms with E-state index in [1.165, 1.54) is 11.0 Å². The van der Waals surface area contributed by atoms with Crippen LogP contribution in [-0.4, -0.2) is 60.5 Å². The zero-order valence-electron chi connectivity index (χ0n) is 9.92. The standard InChI is InChI=1S/C11H16N2O3S/c1-4-5-16-11(15)13-6-9(17)8(7-14)10(13)12(2)3/h4,9-10,17H,1,5-6H2,2-3H3/t9-,10+/m1/s1. The zero-order chi connectivity index (χ0) is 13.0. The van der Waals surface area contributed by atoms with Gasteiger partial charge in [0.05, 0.1) is 10.8 Å². The molecule has 17 heavy (non-hydrogen) atoms. The molecule has 94 valence electrons. The Bertz CT molecular complexity index is 364. The van der Waals surface area contributed by atoms with Gasteiger partial charge in [0.15, 0.2) is 0 Å². The van der Waals surface area contributed by atoms with Crippen LogP contribution in [0, 0.1) is 0 Å². The second-order valence-corrected chi connectivity index (χ2v) is 4.55. The summed E-state index contributed by atoms with van der Waals surface area (Å²) in [5, 5.41) is -0.295. The number of likely N-dealkylation sites (tertiary alicyclic amines) is 1. The number of rotatable bonds is 3.